The third-order valence-electron chi connectivity index (χ3n) is 7.25. The summed E-state index contributed by atoms with van der Waals surface area (Å²) < 4.78 is 15.1. The molecule has 1 aliphatic heterocycles. The average Bonchev–Trinajstić information content (AvgIpc) is 3.27. The lowest BCUT2D eigenvalue weighted by Gasteiger charge is -2.40. The lowest BCUT2D eigenvalue weighted by Crippen LogP contribution is -2.24. The number of anilines is 6. The van der Waals surface area contributed by atoms with Crippen LogP contribution in [0.3, 0.4) is 0 Å². The minimum absolute atomic E-state index is 0.288. The van der Waals surface area contributed by atoms with Gasteiger partial charge in [0.2, 0.25) is 0 Å². The van der Waals surface area contributed by atoms with E-state index in [1.54, 1.807) is 24.5 Å². The molecular weight excluding hydrogens is 459 g/mol. The van der Waals surface area contributed by atoms with E-state index in [1.165, 1.54) is 0 Å². The molecule has 0 unspecified atom stereocenters. The van der Waals surface area contributed by atoms with Crippen molar-refractivity contribution in [3.63, 3.8) is 0 Å². The number of para-hydroxylation sites is 5. The Morgan fingerprint density at radius 3 is 1.73 bits per heavy atom. The first-order chi connectivity index (χ1) is 18.3. The molecular formula is C32H19FN4. The first-order valence-electron chi connectivity index (χ1n) is 12.2. The summed E-state index contributed by atoms with van der Waals surface area (Å²) in [5, 5.41) is 1.82. The van der Waals surface area contributed by atoms with Crippen molar-refractivity contribution in [2.24, 2.45) is 0 Å². The van der Waals surface area contributed by atoms with Gasteiger partial charge >= 0.3 is 0 Å². The van der Waals surface area contributed by atoms with Crippen LogP contribution in [-0.4, -0.2) is 9.97 Å². The second kappa shape index (κ2) is 7.48. The van der Waals surface area contributed by atoms with Gasteiger partial charge in [-0.15, -0.1) is 0 Å². The van der Waals surface area contributed by atoms with E-state index in [1.807, 2.05) is 18.2 Å². The number of halogens is 1. The van der Waals surface area contributed by atoms with Crippen LogP contribution < -0.4 is 9.80 Å². The van der Waals surface area contributed by atoms with Crippen LogP contribution in [0.2, 0.25) is 0 Å². The highest BCUT2D eigenvalue weighted by Crippen LogP contribution is 2.56. The van der Waals surface area contributed by atoms with Gasteiger partial charge in [0, 0.05) is 40.0 Å². The van der Waals surface area contributed by atoms with Crippen molar-refractivity contribution in [1.82, 2.24) is 9.97 Å². The van der Waals surface area contributed by atoms with Crippen LogP contribution in [-0.2, 0) is 0 Å². The minimum Gasteiger partial charge on any atom is -0.306 e. The van der Waals surface area contributed by atoms with Crippen LogP contribution in [0.25, 0.3) is 33.3 Å². The summed E-state index contributed by atoms with van der Waals surface area (Å²) in [4.78, 5) is 13.7. The summed E-state index contributed by atoms with van der Waals surface area (Å²) >= 11 is 0. The molecule has 2 heterocycles. The van der Waals surface area contributed by atoms with Crippen molar-refractivity contribution >= 4 is 44.9 Å². The van der Waals surface area contributed by atoms with Gasteiger partial charge in [0.05, 0.1) is 39.8 Å². The molecule has 1 aromatic heterocycles. The highest BCUT2D eigenvalue weighted by atomic mass is 19.1. The quantitative estimate of drug-likeness (QED) is 0.249. The zero-order valence-corrected chi connectivity index (χ0v) is 19.6. The molecule has 0 saturated heterocycles. The number of hydrogen-bond acceptors (Lipinski definition) is 4. The Balaban J connectivity index is 1.44. The molecule has 0 radical (unpaired) electrons. The molecule has 1 aliphatic carbocycles. The largest absolute Gasteiger partial charge is 0.306 e. The van der Waals surface area contributed by atoms with Gasteiger partial charge in [-0.05, 0) is 60.7 Å². The Labute approximate surface area is 212 Å². The number of fused-ring (bicyclic) bond motifs is 5. The summed E-state index contributed by atoms with van der Waals surface area (Å²) in [5.41, 5.74) is 9.48. The van der Waals surface area contributed by atoms with E-state index >= 15 is 4.39 Å². The summed E-state index contributed by atoms with van der Waals surface area (Å²) in [5.74, 6) is -0.288. The summed E-state index contributed by atoms with van der Waals surface area (Å²) in [6.07, 6.45) is 3.35. The summed E-state index contributed by atoms with van der Waals surface area (Å²) in [7, 11) is 0. The fraction of sp³-hybridized carbons (Fsp3) is 0. The van der Waals surface area contributed by atoms with Crippen LogP contribution in [0, 0.1) is 5.82 Å². The zero-order valence-electron chi connectivity index (χ0n) is 19.6. The van der Waals surface area contributed by atoms with Crippen LogP contribution in [0.1, 0.15) is 0 Å². The molecule has 0 amide bonds. The third kappa shape index (κ3) is 2.76. The maximum atomic E-state index is 15.1. The van der Waals surface area contributed by atoms with Crippen LogP contribution in [0.5, 0.6) is 0 Å². The first-order valence-corrected chi connectivity index (χ1v) is 12.2. The molecule has 8 rings (SSSR count). The van der Waals surface area contributed by atoms with Gasteiger partial charge in [0.25, 0.3) is 0 Å². The molecule has 0 spiro atoms. The predicted octanol–water partition coefficient (Wildman–Crippen LogP) is 8.67. The highest BCUT2D eigenvalue weighted by molar-refractivity contribution is 6.18. The van der Waals surface area contributed by atoms with E-state index < -0.39 is 0 Å². The molecule has 0 atom stereocenters. The zero-order chi connectivity index (χ0) is 24.5. The molecule has 5 aromatic carbocycles. The Morgan fingerprint density at radius 1 is 0.514 bits per heavy atom. The van der Waals surface area contributed by atoms with Crippen molar-refractivity contribution in [3.05, 3.63) is 121 Å². The van der Waals surface area contributed by atoms with Gasteiger partial charge in [-0.1, -0.05) is 42.5 Å². The van der Waals surface area contributed by atoms with Crippen LogP contribution >= 0.6 is 0 Å². The van der Waals surface area contributed by atoms with Crippen molar-refractivity contribution in [1.29, 1.82) is 0 Å². The van der Waals surface area contributed by atoms with E-state index in [-0.39, 0.29) is 5.82 Å². The van der Waals surface area contributed by atoms with E-state index in [2.05, 4.69) is 92.6 Å². The average molecular weight is 479 g/mol. The van der Waals surface area contributed by atoms with Crippen molar-refractivity contribution in [2.45, 2.75) is 0 Å². The Hall–Kier alpha value is -5.03. The first kappa shape index (κ1) is 20.2. The molecule has 4 nitrogen and oxygen atoms in total. The topological polar surface area (TPSA) is 32.3 Å². The third-order valence-corrected chi connectivity index (χ3v) is 7.25. The Kier molecular flexibility index (Phi) is 4.08. The Morgan fingerprint density at radius 2 is 1.08 bits per heavy atom. The molecule has 0 N–H and O–H groups in total. The number of aromatic nitrogens is 2. The summed E-state index contributed by atoms with van der Waals surface area (Å²) in [6.45, 7) is 0. The monoisotopic (exact) mass is 478 g/mol. The lowest BCUT2D eigenvalue weighted by atomic mass is 9.99. The van der Waals surface area contributed by atoms with Crippen molar-refractivity contribution < 1.29 is 4.39 Å². The van der Waals surface area contributed by atoms with E-state index in [4.69, 9.17) is 0 Å². The molecule has 37 heavy (non-hydrogen) atoms. The van der Waals surface area contributed by atoms with Gasteiger partial charge in [0.1, 0.15) is 5.82 Å². The van der Waals surface area contributed by atoms with Crippen LogP contribution in [0.4, 0.5) is 38.5 Å². The highest BCUT2D eigenvalue weighted by Gasteiger charge is 2.33. The van der Waals surface area contributed by atoms with E-state index in [9.17, 15) is 0 Å². The molecule has 174 valence electrons. The van der Waals surface area contributed by atoms with Gasteiger partial charge in [-0.25, -0.2) is 4.39 Å². The smallest absolute Gasteiger partial charge is 0.124 e. The second-order valence-electron chi connectivity index (χ2n) is 9.25. The molecule has 0 fully saturated rings. The number of nitrogens with zero attached hydrogens (tertiary/aromatic N) is 4. The fourth-order valence-electron chi connectivity index (χ4n) is 5.80. The number of rotatable bonds is 2. The van der Waals surface area contributed by atoms with E-state index in [0.29, 0.717) is 0 Å². The molecule has 2 aliphatic rings. The standard InChI is InChI=1S/C32H19FN4/c33-20-18-23-25(15-14-22-30(23)24(19-20)32-31(22)34-16-17-35-32)37-28-12-6-4-10-26(28)36(21-8-2-1-3-9-21)27-11-5-7-13-29(27)37/h1-19H. The maximum Gasteiger partial charge on any atom is 0.124 e. The van der Waals surface area contributed by atoms with Crippen molar-refractivity contribution in [2.75, 3.05) is 9.80 Å². The van der Waals surface area contributed by atoms with Gasteiger partial charge in [-0.3, -0.25) is 9.97 Å². The molecule has 6 aromatic rings. The minimum atomic E-state index is -0.288. The second-order valence-corrected chi connectivity index (χ2v) is 9.25. The normalized spacial score (nSPS) is 12.9. The molecule has 0 bridgehead atoms. The molecule has 0 saturated carbocycles. The van der Waals surface area contributed by atoms with Gasteiger partial charge in [-0.2, -0.15) is 0 Å². The SMILES string of the molecule is Fc1cc2c3c(ccc(N4c5ccccc5N(c5ccccc5)c5ccccc54)c3c1)-c1nccnc1-2. The van der Waals surface area contributed by atoms with Crippen LogP contribution in [0.15, 0.2) is 116 Å². The van der Waals surface area contributed by atoms with E-state index in [0.717, 1.165) is 67.4 Å². The Bertz CT molecular complexity index is 1820. The molecule has 5 heteroatoms. The lowest BCUT2D eigenvalue weighted by molar-refractivity contribution is 0.630. The number of hydrogen-bond donors (Lipinski definition) is 0. The van der Waals surface area contributed by atoms with Gasteiger partial charge < -0.3 is 9.80 Å². The fourth-order valence-corrected chi connectivity index (χ4v) is 5.80. The maximum absolute atomic E-state index is 15.1. The number of benzene rings is 5. The predicted molar refractivity (Wildman–Crippen MR) is 147 cm³/mol. The summed E-state index contributed by atoms with van der Waals surface area (Å²) in [6, 6.07) is 34.5. The van der Waals surface area contributed by atoms with Crippen molar-refractivity contribution in [3.8, 4) is 22.5 Å². The van der Waals surface area contributed by atoms with Gasteiger partial charge in [0.15, 0.2) is 0 Å².